The molecular weight excluding hydrogens is 384 g/mol. The van der Waals surface area contributed by atoms with E-state index in [9.17, 15) is 19.8 Å². The summed E-state index contributed by atoms with van der Waals surface area (Å²) in [7, 11) is 0. The Labute approximate surface area is 179 Å². The molecule has 0 fully saturated rings. The molecule has 1 aromatic rings. The van der Waals surface area contributed by atoms with E-state index in [1.54, 1.807) is 24.7 Å². The molecule has 0 heterocycles. The SMILES string of the molecule is CCCCCOC=CCc1c(C(=O)O)ccc(C(=O)O)c1CC=COCCCCC. The zero-order valence-corrected chi connectivity index (χ0v) is 18.1. The van der Waals surface area contributed by atoms with Gasteiger partial charge >= 0.3 is 11.9 Å². The van der Waals surface area contributed by atoms with Crippen LogP contribution >= 0.6 is 0 Å². The monoisotopic (exact) mass is 418 g/mol. The number of carboxylic acid groups (broad SMARTS) is 2. The van der Waals surface area contributed by atoms with Crippen LogP contribution in [0.5, 0.6) is 0 Å². The van der Waals surface area contributed by atoms with Crippen LogP contribution in [0.25, 0.3) is 0 Å². The van der Waals surface area contributed by atoms with Gasteiger partial charge in [-0.3, -0.25) is 0 Å². The minimum absolute atomic E-state index is 0.0999. The predicted octanol–water partition coefficient (Wildman–Crippen LogP) is 5.61. The lowest BCUT2D eigenvalue weighted by Gasteiger charge is -2.13. The molecule has 0 aliphatic rings. The first kappa shape index (κ1) is 25.3. The fourth-order valence-corrected chi connectivity index (χ4v) is 3.03. The molecule has 0 saturated heterocycles. The van der Waals surface area contributed by atoms with Gasteiger partial charge in [-0.1, -0.05) is 39.5 Å². The Morgan fingerprint density at radius 1 is 0.767 bits per heavy atom. The smallest absolute Gasteiger partial charge is 0.335 e. The van der Waals surface area contributed by atoms with E-state index in [2.05, 4.69) is 13.8 Å². The molecule has 1 rings (SSSR count). The van der Waals surface area contributed by atoms with E-state index in [0.717, 1.165) is 38.5 Å². The maximum Gasteiger partial charge on any atom is 0.335 e. The molecule has 0 radical (unpaired) electrons. The molecule has 1 aromatic carbocycles. The molecule has 6 heteroatoms. The summed E-state index contributed by atoms with van der Waals surface area (Å²) in [6, 6.07) is 2.71. The fraction of sp³-hybridized carbons (Fsp3) is 0.500. The Balaban J connectivity index is 2.96. The van der Waals surface area contributed by atoms with E-state index in [1.165, 1.54) is 12.1 Å². The summed E-state index contributed by atoms with van der Waals surface area (Å²) in [5, 5.41) is 19.1. The zero-order chi connectivity index (χ0) is 22.2. The number of rotatable bonds is 16. The second-order valence-corrected chi connectivity index (χ2v) is 7.04. The number of aromatic carboxylic acids is 2. The molecule has 0 atom stereocenters. The summed E-state index contributed by atoms with van der Waals surface area (Å²) in [5.41, 5.74) is 1.16. The third-order valence-electron chi connectivity index (χ3n) is 4.65. The minimum Gasteiger partial charge on any atom is -0.502 e. The molecule has 6 nitrogen and oxygen atoms in total. The van der Waals surface area contributed by atoms with Crippen molar-refractivity contribution in [2.75, 3.05) is 13.2 Å². The number of allylic oxidation sites excluding steroid dienone is 2. The van der Waals surface area contributed by atoms with Gasteiger partial charge in [0.25, 0.3) is 0 Å². The number of ether oxygens (including phenoxy) is 2. The molecule has 0 spiro atoms. The Morgan fingerprint density at radius 3 is 1.50 bits per heavy atom. The molecule has 0 aliphatic heterocycles. The van der Waals surface area contributed by atoms with Crippen molar-refractivity contribution in [2.45, 2.75) is 65.2 Å². The third kappa shape index (κ3) is 9.16. The highest BCUT2D eigenvalue weighted by Gasteiger charge is 2.19. The molecule has 2 N–H and O–H groups in total. The minimum atomic E-state index is -1.08. The van der Waals surface area contributed by atoms with Crippen LogP contribution < -0.4 is 0 Å². The number of unbranched alkanes of at least 4 members (excludes halogenated alkanes) is 4. The van der Waals surface area contributed by atoms with Crippen LogP contribution in [-0.2, 0) is 22.3 Å². The lowest BCUT2D eigenvalue weighted by Crippen LogP contribution is -2.11. The van der Waals surface area contributed by atoms with Crippen LogP contribution in [0.15, 0.2) is 36.8 Å². The van der Waals surface area contributed by atoms with Crippen LogP contribution in [0, 0.1) is 0 Å². The number of hydrogen-bond donors (Lipinski definition) is 2. The van der Waals surface area contributed by atoms with Crippen LogP contribution in [-0.4, -0.2) is 35.4 Å². The Hall–Kier alpha value is -2.76. The van der Waals surface area contributed by atoms with Crippen LogP contribution in [0.1, 0.15) is 84.2 Å². The van der Waals surface area contributed by atoms with Gasteiger partial charge in [0.05, 0.1) is 36.9 Å². The summed E-state index contributed by atoms with van der Waals surface area (Å²) in [6.45, 7) is 5.45. The van der Waals surface area contributed by atoms with E-state index in [1.807, 2.05) is 0 Å². The molecule has 0 amide bonds. The lowest BCUT2D eigenvalue weighted by atomic mass is 9.91. The highest BCUT2D eigenvalue weighted by atomic mass is 16.5. The van der Waals surface area contributed by atoms with E-state index < -0.39 is 11.9 Å². The molecule has 30 heavy (non-hydrogen) atoms. The van der Waals surface area contributed by atoms with Gasteiger partial charge in [-0.15, -0.1) is 0 Å². The highest BCUT2D eigenvalue weighted by molar-refractivity contribution is 5.95. The fourth-order valence-electron chi connectivity index (χ4n) is 3.03. The first-order valence-electron chi connectivity index (χ1n) is 10.7. The summed E-state index contributed by atoms with van der Waals surface area (Å²) < 4.78 is 10.9. The highest BCUT2D eigenvalue weighted by Crippen LogP contribution is 2.23. The number of benzene rings is 1. The number of carboxylic acids is 2. The Morgan fingerprint density at radius 2 is 1.17 bits per heavy atom. The second kappa shape index (κ2) is 15.1. The van der Waals surface area contributed by atoms with E-state index in [-0.39, 0.29) is 24.0 Å². The first-order chi connectivity index (χ1) is 14.5. The van der Waals surface area contributed by atoms with Crippen LogP contribution in [0.3, 0.4) is 0 Å². The molecule has 0 bridgehead atoms. The van der Waals surface area contributed by atoms with Crippen molar-refractivity contribution in [3.8, 4) is 0 Å². The van der Waals surface area contributed by atoms with E-state index >= 15 is 0 Å². The molecule has 0 saturated carbocycles. The van der Waals surface area contributed by atoms with Crippen LogP contribution in [0.4, 0.5) is 0 Å². The summed E-state index contributed by atoms with van der Waals surface area (Å²) in [4.78, 5) is 23.4. The number of carbonyl (C=O) groups is 2. The topological polar surface area (TPSA) is 93.1 Å². The number of hydrogen-bond acceptors (Lipinski definition) is 4. The lowest BCUT2D eigenvalue weighted by molar-refractivity contribution is 0.0679. The van der Waals surface area contributed by atoms with Crippen molar-refractivity contribution >= 4 is 11.9 Å². The second-order valence-electron chi connectivity index (χ2n) is 7.04. The summed E-state index contributed by atoms with van der Waals surface area (Å²) in [6.07, 6.45) is 13.5. The standard InChI is InChI=1S/C24H34O6/c1-3-5-7-15-29-17-9-11-19-20(12-10-18-30-16-8-6-4-2)22(24(27)28)14-13-21(19)23(25)26/h9-10,13-14,17-18H,3-8,11-12,15-16H2,1-2H3,(H,25,26)(H,27,28). The van der Waals surface area contributed by atoms with Gasteiger partial charge in [0, 0.05) is 0 Å². The molecular formula is C24H34O6. The van der Waals surface area contributed by atoms with E-state index in [4.69, 9.17) is 9.47 Å². The van der Waals surface area contributed by atoms with Crippen molar-refractivity contribution in [3.05, 3.63) is 59.1 Å². The maximum absolute atomic E-state index is 11.7. The van der Waals surface area contributed by atoms with Crippen molar-refractivity contribution < 1.29 is 29.3 Å². The van der Waals surface area contributed by atoms with Gasteiger partial charge in [0.2, 0.25) is 0 Å². The van der Waals surface area contributed by atoms with Crippen molar-refractivity contribution in [3.63, 3.8) is 0 Å². The first-order valence-corrected chi connectivity index (χ1v) is 10.7. The molecule has 166 valence electrons. The van der Waals surface area contributed by atoms with Gasteiger partial charge in [-0.25, -0.2) is 9.59 Å². The normalized spacial score (nSPS) is 11.3. The van der Waals surface area contributed by atoms with Gasteiger partial charge in [-0.2, -0.15) is 0 Å². The Bertz CT molecular complexity index is 660. The van der Waals surface area contributed by atoms with Crippen molar-refractivity contribution in [1.29, 1.82) is 0 Å². The van der Waals surface area contributed by atoms with Gasteiger partial charge in [-0.05, 0) is 61.1 Å². The largest absolute Gasteiger partial charge is 0.502 e. The molecule has 0 unspecified atom stereocenters. The summed E-state index contributed by atoms with van der Waals surface area (Å²) in [5.74, 6) is -2.17. The zero-order valence-electron chi connectivity index (χ0n) is 18.1. The average Bonchev–Trinajstić information content (AvgIpc) is 2.72. The quantitative estimate of drug-likeness (QED) is 0.268. The molecule has 0 aromatic heterocycles. The van der Waals surface area contributed by atoms with Gasteiger partial charge < -0.3 is 19.7 Å². The van der Waals surface area contributed by atoms with Crippen molar-refractivity contribution in [2.24, 2.45) is 0 Å². The van der Waals surface area contributed by atoms with Gasteiger partial charge in [0.15, 0.2) is 0 Å². The summed E-state index contributed by atoms with van der Waals surface area (Å²) >= 11 is 0. The van der Waals surface area contributed by atoms with E-state index in [0.29, 0.717) is 24.3 Å². The third-order valence-corrected chi connectivity index (χ3v) is 4.65. The van der Waals surface area contributed by atoms with Crippen molar-refractivity contribution in [1.82, 2.24) is 0 Å². The Kier molecular flexibility index (Phi) is 12.7. The predicted molar refractivity (Wildman–Crippen MR) is 117 cm³/mol. The average molecular weight is 419 g/mol. The molecule has 0 aliphatic carbocycles. The maximum atomic E-state index is 11.7. The van der Waals surface area contributed by atoms with Crippen LogP contribution in [0.2, 0.25) is 0 Å². The van der Waals surface area contributed by atoms with Gasteiger partial charge in [0.1, 0.15) is 0 Å².